The van der Waals surface area contributed by atoms with Gasteiger partial charge in [-0.25, -0.2) is 4.39 Å². The van der Waals surface area contributed by atoms with E-state index < -0.39 is 0 Å². The highest BCUT2D eigenvalue weighted by molar-refractivity contribution is 9.10. The first-order valence-electron chi connectivity index (χ1n) is 6.23. The first-order chi connectivity index (χ1) is 9.04. The van der Waals surface area contributed by atoms with Crippen molar-refractivity contribution >= 4 is 15.9 Å². The Balaban J connectivity index is 2.53. The van der Waals surface area contributed by atoms with Crippen molar-refractivity contribution in [1.82, 2.24) is 5.32 Å². The van der Waals surface area contributed by atoms with Gasteiger partial charge in [0.2, 0.25) is 0 Å². The number of benzene rings is 2. The van der Waals surface area contributed by atoms with Crippen molar-refractivity contribution in [2.45, 2.75) is 19.9 Å². The van der Waals surface area contributed by atoms with E-state index in [4.69, 9.17) is 0 Å². The monoisotopic (exact) mass is 321 g/mol. The van der Waals surface area contributed by atoms with E-state index in [1.807, 2.05) is 32.2 Å². The Morgan fingerprint density at radius 2 is 1.84 bits per heavy atom. The minimum Gasteiger partial charge on any atom is -0.309 e. The summed E-state index contributed by atoms with van der Waals surface area (Å²) in [7, 11) is 1.92. The van der Waals surface area contributed by atoms with Crippen LogP contribution < -0.4 is 5.32 Å². The van der Waals surface area contributed by atoms with Crippen LogP contribution in [0.15, 0.2) is 40.9 Å². The van der Waals surface area contributed by atoms with E-state index in [0.29, 0.717) is 0 Å². The van der Waals surface area contributed by atoms with Crippen LogP contribution >= 0.6 is 15.9 Å². The molecule has 0 radical (unpaired) electrons. The lowest BCUT2D eigenvalue weighted by Gasteiger charge is -2.22. The zero-order valence-corrected chi connectivity index (χ0v) is 12.9. The molecule has 2 rings (SSSR count). The average molecular weight is 322 g/mol. The Bertz CT molecular complexity index is 595. The van der Waals surface area contributed by atoms with Crippen LogP contribution in [-0.4, -0.2) is 7.05 Å². The first-order valence-corrected chi connectivity index (χ1v) is 7.02. The second-order valence-electron chi connectivity index (χ2n) is 4.68. The molecule has 0 aliphatic carbocycles. The van der Waals surface area contributed by atoms with Crippen molar-refractivity contribution in [3.05, 3.63) is 68.9 Å². The molecular weight excluding hydrogens is 305 g/mol. The summed E-state index contributed by atoms with van der Waals surface area (Å²) in [6, 6.07) is 11.2. The summed E-state index contributed by atoms with van der Waals surface area (Å²) >= 11 is 3.56. The van der Waals surface area contributed by atoms with Crippen molar-refractivity contribution < 1.29 is 4.39 Å². The van der Waals surface area contributed by atoms with E-state index in [1.54, 1.807) is 6.07 Å². The summed E-state index contributed by atoms with van der Waals surface area (Å²) in [5, 5.41) is 3.32. The largest absolute Gasteiger partial charge is 0.309 e. The number of nitrogens with one attached hydrogen (secondary N) is 1. The van der Waals surface area contributed by atoms with Crippen LogP contribution in [0.25, 0.3) is 0 Å². The third kappa shape index (κ3) is 2.88. The molecule has 0 amide bonds. The van der Waals surface area contributed by atoms with Crippen LogP contribution in [0.1, 0.15) is 28.3 Å². The van der Waals surface area contributed by atoms with Crippen molar-refractivity contribution in [3.63, 3.8) is 0 Å². The number of hydrogen-bond acceptors (Lipinski definition) is 1. The molecule has 2 aromatic carbocycles. The summed E-state index contributed by atoms with van der Waals surface area (Å²) in [5.41, 5.74) is 4.46. The van der Waals surface area contributed by atoms with Crippen LogP contribution in [0.5, 0.6) is 0 Å². The van der Waals surface area contributed by atoms with Gasteiger partial charge in [0.15, 0.2) is 0 Å². The number of rotatable bonds is 3. The van der Waals surface area contributed by atoms with Gasteiger partial charge in [-0.3, -0.25) is 0 Å². The summed E-state index contributed by atoms with van der Waals surface area (Å²) in [4.78, 5) is 0. The Kier molecular flexibility index (Phi) is 4.38. The molecular formula is C16H17BrFN. The zero-order valence-electron chi connectivity index (χ0n) is 11.3. The van der Waals surface area contributed by atoms with Crippen molar-refractivity contribution in [1.29, 1.82) is 0 Å². The zero-order chi connectivity index (χ0) is 14.0. The standard InChI is InChI=1S/C16H17BrFN/c1-10-9-12(18)7-8-13(10)16(19-3)14-5-4-6-15(17)11(14)2/h4-9,16,19H,1-3H3. The molecule has 2 aromatic rings. The van der Waals surface area contributed by atoms with Crippen molar-refractivity contribution in [2.24, 2.45) is 0 Å². The van der Waals surface area contributed by atoms with Gasteiger partial charge in [0.25, 0.3) is 0 Å². The maximum Gasteiger partial charge on any atom is 0.123 e. The molecule has 0 fully saturated rings. The maximum absolute atomic E-state index is 13.2. The normalized spacial score (nSPS) is 12.5. The molecule has 0 saturated carbocycles. The molecule has 1 unspecified atom stereocenters. The van der Waals surface area contributed by atoms with Gasteiger partial charge < -0.3 is 5.32 Å². The van der Waals surface area contributed by atoms with Crippen LogP contribution in [0.2, 0.25) is 0 Å². The third-order valence-electron chi connectivity index (χ3n) is 3.45. The molecule has 0 aliphatic heterocycles. The molecule has 0 aliphatic rings. The fourth-order valence-corrected chi connectivity index (χ4v) is 2.76. The number of aryl methyl sites for hydroxylation is 1. The molecule has 19 heavy (non-hydrogen) atoms. The molecule has 1 nitrogen and oxygen atoms in total. The Morgan fingerprint density at radius 3 is 2.47 bits per heavy atom. The van der Waals surface area contributed by atoms with Gasteiger partial charge in [-0.1, -0.05) is 34.1 Å². The summed E-state index contributed by atoms with van der Waals surface area (Å²) in [6.07, 6.45) is 0. The van der Waals surface area contributed by atoms with Gasteiger partial charge in [-0.15, -0.1) is 0 Å². The van der Waals surface area contributed by atoms with E-state index in [0.717, 1.165) is 15.6 Å². The van der Waals surface area contributed by atoms with Gasteiger partial charge in [0.05, 0.1) is 6.04 Å². The van der Waals surface area contributed by atoms with Gasteiger partial charge in [-0.2, -0.15) is 0 Å². The lowest BCUT2D eigenvalue weighted by atomic mass is 9.92. The highest BCUT2D eigenvalue weighted by Gasteiger charge is 2.17. The lowest BCUT2D eigenvalue weighted by molar-refractivity contribution is 0.621. The maximum atomic E-state index is 13.2. The minimum absolute atomic E-state index is 0.0677. The smallest absolute Gasteiger partial charge is 0.123 e. The molecule has 0 aromatic heterocycles. The second kappa shape index (κ2) is 5.85. The Morgan fingerprint density at radius 1 is 1.11 bits per heavy atom. The molecule has 0 heterocycles. The van der Waals surface area contributed by atoms with Crippen LogP contribution in [0.4, 0.5) is 4.39 Å². The Labute approximate surface area is 122 Å². The van der Waals surface area contributed by atoms with E-state index in [9.17, 15) is 4.39 Å². The summed E-state index contributed by atoms with van der Waals surface area (Å²) < 4.78 is 14.3. The molecule has 1 N–H and O–H groups in total. The van der Waals surface area contributed by atoms with Gasteiger partial charge in [-0.05, 0) is 61.3 Å². The predicted octanol–water partition coefficient (Wildman–Crippen LogP) is 4.51. The summed E-state index contributed by atoms with van der Waals surface area (Å²) in [6.45, 7) is 4.03. The lowest BCUT2D eigenvalue weighted by Crippen LogP contribution is -2.19. The average Bonchev–Trinajstić information content (AvgIpc) is 2.37. The quantitative estimate of drug-likeness (QED) is 0.876. The third-order valence-corrected chi connectivity index (χ3v) is 4.31. The van der Waals surface area contributed by atoms with E-state index in [-0.39, 0.29) is 11.9 Å². The SMILES string of the molecule is CNC(c1ccc(F)cc1C)c1cccc(Br)c1C. The highest BCUT2D eigenvalue weighted by Crippen LogP contribution is 2.30. The van der Waals surface area contributed by atoms with Crippen LogP contribution in [-0.2, 0) is 0 Å². The molecule has 100 valence electrons. The van der Waals surface area contributed by atoms with E-state index >= 15 is 0 Å². The molecule has 1 atom stereocenters. The van der Waals surface area contributed by atoms with E-state index in [2.05, 4.69) is 34.2 Å². The molecule has 0 spiro atoms. The molecule has 3 heteroatoms. The number of hydrogen-bond donors (Lipinski definition) is 1. The van der Waals surface area contributed by atoms with Crippen molar-refractivity contribution in [2.75, 3.05) is 7.05 Å². The number of halogens is 2. The second-order valence-corrected chi connectivity index (χ2v) is 5.53. The van der Waals surface area contributed by atoms with Crippen LogP contribution in [0.3, 0.4) is 0 Å². The first kappa shape index (κ1) is 14.2. The minimum atomic E-state index is -0.193. The topological polar surface area (TPSA) is 12.0 Å². The van der Waals surface area contributed by atoms with E-state index in [1.165, 1.54) is 17.2 Å². The fraction of sp³-hybridized carbons (Fsp3) is 0.250. The predicted molar refractivity (Wildman–Crippen MR) is 80.9 cm³/mol. The van der Waals surface area contributed by atoms with Crippen molar-refractivity contribution in [3.8, 4) is 0 Å². The van der Waals surface area contributed by atoms with Gasteiger partial charge >= 0.3 is 0 Å². The van der Waals surface area contributed by atoms with Gasteiger partial charge in [0.1, 0.15) is 5.82 Å². The highest BCUT2D eigenvalue weighted by atomic mass is 79.9. The summed E-state index contributed by atoms with van der Waals surface area (Å²) in [5.74, 6) is -0.193. The fourth-order valence-electron chi connectivity index (χ4n) is 2.38. The Hall–Kier alpha value is -1.19. The van der Waals surface area contributed by atoms with Gasteiger partial charge in [0, 0.05) is 4.47 Å². The molecule has 0 saturated heterocycles. The van der Waals surface area contributed by atoms with Crippen LogP contribution in [0, 0.1) is 19.7 Å². The molecule has 0 bridgehead atoms.